The van der Waals surface area contributed by atoms with Crippen molar-refractivity contribution in [1.29, 1.82) is 0 Å². The second-order valence-corrected chi connectivity index (χ2v) is 3.08. The van der Waals surface area contributed by atoms with Crippen LogP contribution in [0.15, 0.2) is 28.7 Å². The quantitative estimate of drug-likeness (QED) is 0.810. The van der Waals surface area contributed by atoms with E-state index in [0.717, 1.165) is 4.47 Å². The lowest BCUT2D eigenvalue weighted by molar-refractivity contribution is 0.351. The maximum absolute atomic E-state index is 13.0. The Kier molecular flexibility index (Phi) is 3.02. The maximum Gasteiger partial charge on any atom is 0.138 e. The van der Waals surface area contributed by atoms with Crippen molar-refractivity contribution in [1.82, 2.24) is 0 Å². The molecule has 1 rings (SSSR count). The summed E-state index contributed by atoms with van der Waals surface area (Å²) in [7, 11) is 0. The lowest BCUT2D eigenvalue weighted by Crippen LogP contribution is -2.07. The maximum atomic E-state index is 13.0. The van der Waals surface area contributed by atoms with Crippen LogP contribution in [-0.4, -0.2) is 6.54 Å². The lowest BCUT2D eigenvalue weighted by Gasteiger charge is -2.06. The fourth-order valence-electron chi connectivity index (χ4n) is 0.856. The van der Waals surface area contributed by atoms with Gasteiger partial charge in [0.1, 0.15) is 6.17 Å². The normalized spacial score (nSPS) is 13.0. The van der Waals surface area contributed by atoms with Crippen molar-refractivity contribution in [3.63, 3.8) is 0 Å². The number of nitrogens with two attached hydrogens (primary N) is 1. The molecule has 1 aromatic carbocycles. The van der Waals surface area contributed by atoms with Gasteiger partial charge in [0.15, 0.2) is 0 Å². The molecule has 0 spiro atoms. The van der Waals surface area contributed by atoms with E-state index in [9.17, 15) is 4.39 Å². The highest BCUT2D eigenvalue weighted by atomic mass is 79.9. The zero-order valence-electron chi connectivity index (χ0n) is 5.93. The van der Waals surface area contributed by atoms with Gasteiger partial charge in [-0.25, -0.2) is 4.39 Å². The van der Waals surface area contributed by atoms with Crippen LogP contribution in [-0.2, 0) is 0 Å². The minimum absolute atomic E-state index is 0.0304. The monoisotopic (exact) mass is 217 g/mol. The Morgan fingerprint density at radius 1 is 1.45 bits per heavy atom. The van der Waals surface area contributed by atoms with Crippen LogP contribution < -0.4 is 5.73 Å². The number of rotatable bonds is 2. The first-order chi connectivity index (χ1) is 5.25. The van der Waals surface area contributed by atoms with Crippen LogP contribution in [0.25, 0.3) is 0 Å². The van der Waals surface area contributed by atoms with Gasteiger partial charge in [0.25, 0.3) is 0 Å². The topological polar surface area (TPSA) is 26.0 Å². The van der Waals surface area contributed by atoms with E-state index in [1.54, 1.807) is 18.2 Å². The summed E-state index contributed by atoms with van der Waals surface area (Å²) in [6.07, 6.45) is -1.06. The molecular formula is C8H9BrFN. The minimum atomic E-state index is -1.06. The molecule has 1 atom stereocenters. The Morgan fingerprint density at radius 3 is 2.64 bits per heavy atom. The first kappa shape index (κ1) is 8.68. The molecule has 0 aliphatic rings. The number of hydrogen-bond acceptors (Lipinski definition) is 1. The van der Waals surface area contributed by atoms with E-state index in [1.807, 2.05) is 6.07 Å². The molecule has 11 heavy (non-hydrogen) atoms. The van der Waals surface area contributed by atoms with Crippen LogP contribution in [0, 0.1) is 0 Å². The van der Waals surface area contributed by atoms with E-state index >= 15 is 0 Å². The highest BCUT2D eigenvalue weighted by molar-refractivity contribution is 9.10. The van der Waals surface area contributed by atoms with Crippen LogP contribution >= 0.6 is 15.9 Å². The van der Waals surface area contributed by atoms with E-state index in [1.165, 1.54) is 0 Å². The zero-order valence-corrected chi connectivity index (χ0v) is 7.51. The molecule has 0 heterocycles. The van der Waals surface area contributed by atoms with Gasteiger partial charge in [0.2, 0.25) is 0 Å². The molecule has 0 saturated heterocycles. The SMILES string of the molecule is NC[C@@H](F)c1ccccc1Br. The summed E-state index contributed by atoms with van der Waals surface area (Å²) in [5, 5.41) is 0. The van der Waals surface area contributed by atoms with Gasteiger partial charge in [-0.05, 0) is 6.07 Å². The molecule has 0 fully saturated rings. The smallest absolute Gasteiger partial charge is 0.138 e. The number of hydrogen-bond donors (Lipinski definition) is 1. The fraction of sp³-hybridized carbons (Fsp3) is 0.250. The predicted octanol–water partition coefficient (Wildman–Crippen LogP) is 2.42. The van der Waals surface area contributed by atoms with Crippen LogP contribution in [0.2, 0.25) is 0 Å². The van der Waals surface area contributed by atoms with Crippen LogP contribution in [0.3, 0.4) is 0 Å². The van der Waals surface area contributed by atoms with Gasteiger partial charge in [-0.1, -0.05) is 34.1 Å². The molecule has 0 amide bonds. The van der Waals surface area contributed by atoms with Crippen molar-refractivity contribution >= 4 is 15.9 Å². The van der Waals surface area contributed by atoms with E-state index in [0.29, 0.717) is 5.56 Å². The summed E-state index contributed by atoms with van der Waals surface area (Å²) < 4.78 is 13.7. The molecule has 0 aliphatic heterocycles. The van der Waals surface area contributed by atoms with Crippen LogP contribution in [0.5, 0.6) is 0 Å². The van der Waals surface area contributed by atoms with Crippen molar-refractivity contribution in [3.8, 4) is 0 Å². The van der Waals surface area contributed by atoms with Gasteiger partial charge in [-0.2, -0.15) is 0 Å². The molecular weight excluding hydrogens is 209 g/mol. The Morgan fingerprint density at radius 2 is 2.09 bits per heavy atom. The van der Waals surface area contributed by atoms with Crippen molar-refractivity contribution in [2.24, 2.45) is 5.73 Å². The van der Waals surface area contributed by atoms with Gasteiger partial charge >= 0.3 is 0 Å². The zero-order chi connectivity index (χ0) is 8.27. The molecule has 1 aromatic rings. The summed E-state index contributed by atoms with van der Waals surface area (Å²) in [6, 6.07) is 7.17. The summed E-state index contributed by atoms with van der Waals surface area (Å²) in [5.74, 6) is 0. The molecule has 0 aliphatic carbocycles. The molecule has 0 saturated carbocycles. The average Bonchev–Trinajstić information content (AvgIpc) is 2.04. The van der Waals surface area contributed by atoms with E-state index in [2.05, 4.69) is 15.9 Å². The summed E-state index contributed by atoms with van der Waals surface area (Å²) >= 11 is 3.24. The van der Waals surface area contributed by atoms with Gasteiger partial charge in [-0.15, -0.1) is 0 Å². The first-order valence-corrected chi connectivity index (χ1v) is 4.13. The number of halogens is 2. The molecule has 3 heteroatoms. The van der Waals surface area contributed by atoms with Crippen molar-refractivity contribution in [2.45, 2.75) is 6.17 Å². The molecule has 0 aromatic heterocycles. The molecule has 60 valence electrons. The number of alkyl halides is 1. The standard InChI is InChI=1S/C8H9BrFN/c9-7-4-2-1-3-6(7)8(10)5-11/h1-4,8H,5,11H2/t8-/m1/s1. The van der Waals surface area contributed by atoms with Gasteiger partial charge in [0.05, 0.1) is 0 Å². The van der Waals surface area contributed by atoms with Crippen LogP contribution in [0.4, 0.5) is 4.39 Å². The van der Waals surface area contributed by atoms with Gasteiger partial charge in [0, 0.05) is 16.6 Å². The Balaban J connectivity index is 2.93. The van der Waals surface area contributed by atoms with Gasteiger partial charge in [-0.3, -0.25) is 0 Å². The van der Waals surface area contributed by atoms with E-state index in [4.69, 9.17) is 5.73 Å². The molecule has 0 unspecified atom stereocenters. The lowest BCUT2D eigenvalue weighted by atomic mass is 10.1. The van der Waals surface area contributed by atoms with Crippen molar-refractivity contribution < 1.29 is 4.39 Å². The fourth-order valence-corrected chi connectivity index (χ4v) is 1.39. The highest BCUT2D eigenvalue weighted by Crippen LogP contribution is 2.24. The largest absolute Gasteiger partial charge is 0.327 e. The van der Waals surface area contributed by atoms with Crippen molar-refractivity contribution in [3.05, 3.63) is 34.3 Å². The average molecular weight is 218 g/mol. The van der Waals surface area contributed by atoms with Crippen LogP contribution in [0.1, 0.15) is 11.7 Å². The molecule has 0 bridgehead atoms. The minimum Gasteiger partial charge on any atom is -0.327 e. The first-order valence-electron chi connectivity index (χ1n) is 3.34. The Labute approximate surface area is 73.5 Å². The third-order valence-corrected chi connectivity index (χ3v) is 2.17. The third kappa shape index (κ3) is 2.01. The summed E-state index contributed by atoms with van der Waals surface area (Å²) in [6.45, 7) is 0.0304. The Bertz CT molecular complexity index is 239. The highest BCUT2D eigenvalue weighted by Gasteiger charge is 2.09. The summed E-state index contributed by atoms with van der Waals surface area (Å²) in [5.41, 5.74) is 5.80. The van der Waals surface area contributed by atoms with Gasteiger partial charge < -0.3 is 5.73 Å². The second-order valence-electron chi connectivity index (χ2n) is 2.22. The Hall–Kier alpha value is -0.410. The van der Waals surface area contributed by atoms with E-state index in [-0.39, 0.29) is 6.54 Å². The van der Waals surface area contributed by atoms with E-state index < -0.39 is 6.17 Å². The predicted molar refractivity (Wildman–Crippen MR) is 47.0 cm³/mol. The second kappa shape index (κ2) is 3.83. The molecule has 1 nitrogen and oxygen atoms in total. The molecule has 0 radical (unpaired) electrons. The third-order valence-electron chi connectivity index (χ3n) is 1.45. The number of benzene rings is 1. The van der Waals surface area contributed by atoms with Crippen molar-refractivity contribution in [2.75, 3.05) is 6.54 Å². The molecule has 2 N–H and O–H groups in total. The summed E-state index contributed by atoms with van der Waals surface area (Å²) in [4.78, 5) is 0.